The van der Waals surface area contributed by atoms with Crippen LogP contribution in [0.3, 0.4) is 0 Å². The summed E-state index contributed by atoms with van der Waals surface area (Å²) in [6.07, 6.45) is -0.918. The first kappa shape index (κ1) is 31.5. The molecule has 0 saturated carbocycles. The summed E-state index contributed by atoms with van der Waals surface area (Å²) in [4.78, 5) is 43.4. The van der Waals surface area contributed by atoms with E-state index < -0.39 is 68.6 Å². The van der Waals surface area contributed by atoms with Gasteiger partial charge in [-0.25, -0.2) is 4.79 Å². The van der Waals surface area contributed by atoms with Crippen LogP contribution in [0.4, 0.5) is 4.79 Å². The van der Waals surface area contributed by atoms with Crippen LogP contribution in [0.25, 0.3) is 0 Å². The van der Waals surface area contributed by atoms with E-state index in [1.54, 1.807) is 6.92 Å². The Hall–Kier alpha value is -1.50. The van der Waals surface area contributed by atoms with E-state index in [9.17, 15) is 31.9 Å². The van der Waals surface area contributed by atoms with E-state index in [0.717, 1.165) is 0 Å². The second-order valence-electron chi connectivity index (χ2n) is 7.17. The highest BCUT2D eigenvalue weighted by atomic mass is 32.2. The highest BCUT2D eigenvalue weighted by Crippen LogP contribution is 2.47. The zero-order valence-electron chi connectivity index (χ0n) is 18.8. The predicted molar refractivity (Wildman–Crippen MR) is 116 cm³/mol. The molecule has 0 rings (SSSR count). The van der Waals surface area contributed by atoms with E-state index >= 15 is 0 Å². The number of rotatable bonds is 16. The topological polar surface area (TPSA) is 198 Å². The second kappa shape index (κ2) is 15.4. The van der Waals surface area contributed by atoms with Crippen LogP contribution in [-0.2, 0) is 51.5 Å². The van der Waals surface area contributed by atoms with Crippen molar-refractivity contribution in [3.8, 4) is 0 Å². The Balaban J connectivity index is 5.12. The molecule has 33 heavy (non-hydrogen) atoms. The van der Waals surface area contributed by atoms with Crippen molar-refractivity contribution >= 4 is 44.4 Å². The molecule has 0 aromatic carbocycles. The average molecular weight is 539 g/mol. The number of hydrogen-bond donors (Lipinski definition) is 2. The molecule has 0 radical (unpaired) electrons. The zero-order chi connectivity index (χ0) is 25.7. The summed E-state index contributed by atoms with van der Waals surface area (Å²) in [6, 6.07) is 0. The molecule has 194 valence electrons. The van der Waals surface area contributed by atoms with Gasteiger partial charge < -0.3 is 24.4 Å². The molecule has 1 amide bonds. The van der Waals surface area contributed by atoms with Crippen LogP contribution >= 0.6 is 16.3 Å². The maximum absolute atomic E-state index is 12.5. The van der Waals surface area contributed by atoms with Crippen LogP contribution in [-0.4, -0.2) is 75.7 Å². The van der Waals surface area contributed by atoms with Gasteiger partial charge in [-0.3, -0.25) is 27.2 Å². The smallest absolute Gasteiger partial charge is 0.461 e. The van der Waals surface area contributed by atoms with E-state index in [1.165, 1.54) is 20.8 Å². The van der Waals surface area contributed by atoms with Gasteiger partial charge in [-0.15, -0.1) is 0 Å². The number of amides is 1. The summed E-state index contributed by atoms with van der Waals surface area (Å²) in [5.41, 5.74) is -3.13. The quantitative estimate of drug-likeness (QED) is 0.121. The fraction of sp³-hybridized carbons (Fsp3) is 0.812. The number of esters is 1. The van der Waals surface area contributed by atoms with E-state index in [0.29, 0.717) is 0 Å². The third-order valence-corrected chi connectivity index (χ3v) is 8.06. The summed E-state index contributed by atoms with van der Waals surface area (Å²) < 4.78 is 71.0. The highest BCUT2D eigenvalue weighted by Gasteiger charge is 2.43. The molecule has 0 heterocycles. The first-order valence-electron chi connectivity index (χ1n) is 9.74. The normalized spacial score (nSPS) is 14.6. The standard InChI is InChI=1S/C16H31NO13P2S/c1-5-26-15(20)28-9-8-27-14(19)13(31(21)30-32(22)23)16(3,4)11-29-33(24,25)10-6-7-17-12(2)18/h13,31-32H,5-11H2,1-4H3,(H,17,18)(H,22,23)/t13-/m0/s1. The lowest BCUT2D eigenvalue weighted by Crippen LogP contribution is -2.40. The van der Waals surface area contributed by atoms with Crippen LogP contribution < -0.4 is 5.32 Å². The van der Waals surface area contributed by atoms with Crippen molar-refractivity contribution in [2.45, 2.75) is 39.8 Å². The lowest BCUT2D eigenvalue weighted by atomic mass is 9.90. The molecule has 0 aromatic heterocycles. The van der Waals surface area contributed by atoms with Gasteiger partial charge in [-0.2, -0.15) is 8.42 Å². The Morgan fingerprint density at radius 2 is 1.70 bits per heavy atom. The van der Waals surface area contributed by atoms with Gasteiger partial charge in [-0.05, 0) is 13.3 Å². The van der Waals surface area contributed by atoms with Gasteiger partial charge in [0.05, 0.1) is 19.0 Å². The minimum atomic E-state index is -4.07. The summed E-state index contributed by atoms with van der Waals surface area (Å²) in [6.45, 7) is 4.24. The lowest BCUT2D eigenvalue weighted by Gasteiger charge is -2.31. The number of nitrogens with one attached hydrogen (secondary N) is 1. The molecule has 0 bridgehead atoms. The number of carbonyl (C=O) groups excluding carboxylic acids is 3. The van der Waals surface area contributed by atoms with Crippen LogP contribution in [0.2, 0.25) is 0 Å². The summed E-state index contributed by atoms with van der Waals surface area (Å²) in [5, 5.41) is 2.43. The second-order valence-corrected chi connectivity index (χ2v) is 11.5. The van der Waals surface area contributed by atoms with E-state index in [2.05, 4.69) is 19.1 Å². The van der Waals surface area contributed by atoms with Crippen molar-refractivity contribution in [3.63, 3.8) is 0 Å². The van der Waals surface area contributed by atoms with Gasteiger partial charge in [-0.1, -0.05) is 13.8 Å². The van der Waals surface area contributed by atoms with E-state index in [4.69, 9.17) is 13.8 Å². The third-order valence-electron chi connectivity index (χ3n) is 3.81. The molecule has 0 aliphatic carbocycles. The maximum Gasteiger partial charge on any atom is 0.508 e. The molecule has 0 aliphatic heterocycles. The van der Waals surface area contributed by atoms with Gasteiger partial charge in [0.15, 0.2) is 0 Å². The fourth-order valence-corrected chi connectivity index (χ4v) is 5.54. The van der Waals surface area contributed by atoms with Crippen molar-refractivity contribution in [1.29, 1.82) is 0 Å². The van der Waals surface area contributed by atoms with Gasteiger partial charge in [0.25, 0.3) is 10.1 Å². The molecular weight excluding hydrogens is 508 g/mol. The summed E-state index contributed by atoms with van der Waals surface area (Å²) in [5.74, 6) is -1.89. The number of hydrogen-bond acceptors (Lipinski definition) is 12. The van der Waals surface area contributed by atoms with Crippen molar-refractivity contribution < 1.29 is 59.5 Å². The molecule has 2 unspecified atom stereocenters. The Kier molecular flexibility index (Phi) is 14.7. The molecule has 0 saturated heterocycles. The Labute approximate surface area is 193 Å². The Morgan fingerprint density at radius 1 is 1.09 bits per heavy atom. The predicted octanol–water partition coefficient (Wildman–Crippen LogP) is 0.843. The molecule has 0 fully saturated rings. The summed E-state index contributed by atoms with van der Waals surface area (Å²) in [7, 11) is -11.3. The summed E-state index contributed by atoms with van der Waals surface area (Å²) >= 11 is 0. The van der Waals surface area contributed by atoms with Crippen LogP contribution in [0.5, 0.6) is 0 Å². The first-order valence-corrected chi connectivity index (χ1v) is 14.0. The molecule has 14 nitrogen and oxygen atoms in total. The first-order chi connectivity index (χ1) is 15.2. The fourth-order valence-electron chi connectivity index (χ4n) is 2.29. The van der Waals surface area contributed by atoms with Crippen LogP contribution in [0, 0.1) is 5.41 Å². The van der Waals surface area contributed by atoms with Crippen LogP contribution in [0.15, 0.2) is 0 Å². The zero-order valence-corrected chi connectivity index (χ0v) is 21.6. The average Bonchev–Trinajstić information content (AvgIpc) is 2.67. The third kappa shape index (κ3) is 14.4. The Bertz CT molecular complexity index is 815. The SMILES string of the molecule is CCOC(=O)OCCOC(=O)[C@H]([PH](=O)O[PH](=O)O)C(C)(C)COS(=O)(=O)CCCNC(C)=O. The molecule has 0 aromatic rings. The lowest BCUT2D eigenvalue weighted by molar-refractivity contribution is -0.147. The van der Waals surface area contributed by atoms with E-state index in [-0.39, 0.29) is 32.1 Å². The van der Waals surface area contributed by atoms with Crippen molar-refractivity contribution in [2.24, 2.45) is 5.41 Å². The van der Waals surface area contributed by atoms with Gasteiger partial charge in [0, 0.05) is 18.9 Å². The van der Waals surface area contributed by atoms with Crippen molar-refractivity contribution in [3.05, 3.63) is 0 Å². The number of carbonyl (C=O) groups is 3. The highest BCUT2D eigenvalue weighted by molar-refractivity contribution is 7.86. The maximum atomic E-state index is 12.5. The Morgan fingerprint density at radius 3 is 2.24 bits per heavy atom. The monoisotopic (exact) mass is 539 g/mol. The van der Waals surface area contributed by atoms with Crippen molar-refractivity contribution in [2.75, 3.05) is 38.7 Å². The number of ether oxygens (including phenoxy) is 3. The van der Waals surface area contributed by atoms with Gasteiger partial charge in [0.1, 0.15) is 18.9 Å². The van der Waals surface area contributed by atoms with Gasteiger partial charge >= 0.3 is 20.4 Å². The molecule has 3 atom stereocenters. The van der Waals surface area contributed by atoms with Gasteiger partial charge in [0.2, 0.25) is 13.9 Å². The van der Waals surface area contributed by atoms with Crippen molar-refractivity contribution in [1.82, 2.24) is 5.32 Å². The van der Waals surface area contributed by atoms with E-state index in [1.807, 2.05) is 0 Å². The van der Waals surface area contributed by atoms with Crippen LogP contribution in [0.1, 0.15) is 34.1 Å². The molecule has 2 N–H and O–H groups in total. The molecule has 17 heteroatoms. The molecule has 0 spiro atoms. The molecule has 0 aliphatic rings. The largest absolute Gasteiger partial charge is 0.508 e. The minimum absolute atomic E-state index is 0.0699. The molecular formula is C16H31NO13P2S. The minimum Gasteiger partial charge on any atom is -0.461 e.